The highest BCUT2D eigenvalue weighted by atomic mass is 32.1. The molecule has 1 fully saturated rings. The van der Waals surface area contributed by atoms with E-state index in [1.807, 2.05) is 78.9 Å². The van der Waals surface area contributed by atoms with Gasteiger partial charge < -0.3 is 15.5 Å². The van der Waals surface area contributed by atoms with Crippen molar-refractivity contribution in [2.45, 2.75) is 19.4 Å². The highest BCUT2D eigenvalue weighted by Gasteiger charge is 2.26. The molecule has 1 atom stereocenters. The number of amides is 2. The standard InChI is InChI=1S/C27H27N5O2S/c1-17-12-14-35-25(17)26(33)29-24-15-19(27(34)32-13-11-20(16-32)28-2)8-7-18(24)9-10-23-21-5-3-4-6-22(21)30-31-23/h3-10,12,14-15,20,28H,11,13,16H2,1-2H3,(H,29,33)(H,30,31)/b10-9+. The summed E-state index contributed by atoms with van der Waals surface area (Å²) >= 11 is 1.40. The lowest BCUT2D eigenvalue weighted by Gasteiger charge is -2.18. The lowest BCUT2D eigenvalue weighted by Crippen LogP contribution is -2.33. The minimum absolute atomic E-state index is 0.0284. The van der Waals surface area contributed by atoms with Gasteiger partial charge in [0.25, 0.3) is 11.8 Å². The first-order valence-corrected chi connectivity index (χ1v) is 12.5. The van der Waals surface area contributed by atoms with Crippen LogP contribution in [0.1, 0.15) is 43.3 Å². The molecule has 8 heteroatoms. The summed E-state index contributed by atoms with van der Waals surface area (Å²) in [5.41, 5.74) is 4.64. The fraction of sp³-hybridized carbons (Fsp3) is 0.222. The average molecular weight is 486 g/mol. The Hall–Kier alpha value is -3.75. The van der Waals surface area contributed by atoms with Crippen molar-refractivity contribution in [3.8, 4) is 0 Å². The van der Waals surface area contributed by atoms with E-state index in [2.05, 4.69) is 20.8 Å². The number of hydrogen-bond acceptors (Lipinski definition) is 5. The SMILES string of the molecule is CNC1CCN(C(=O)c2ccc(/C=C/c3n[nH]c4ccccc34)c(NC(=O)c3sccc3C)c2)C1. The summed E-state index contributed by atoms with van der Waals surface area (Å²) in [7, 11) is 1.92. The largest absolute Gasteiger partial charge is 0.337 e. The number of aromatic amines is 1. The number of aryl methyl sites for hydroxylation is 1. The Labute approximate surface area is 207 Å². The molecule has 2 aromatic heterocycles. The first-order chi connectivity index (χ1) is 17.0. The molecule has 2 aromatic carbocycles. The van der Waals surface area contributed by atoms with Crippen LogP contribution in [0.3, 0.4) is 0 Å². The summed E-state index contributed by atoms with van der Waals surface area (Å²) in [6.45, 7) is 3.31. The van der Waals surface area contributed by atoms with E-state index in [1.165, 1.54) is 11.3 Å². The fourth-order valence-corrected chi connectivity index (χ4v) is 5.19. The summed E-state index contributed by atoms with van der Waals surface area (Å²) < 4.78 is 0. The molecule has 178 valence electrons. The van der Waals surface area contributed by atoms with Crippen molar-refractivity contribution in [2.75, 3.05) is 25.5 Å². The Morgan fingerprint density at radius 2 is 2.03 bits per heavy atom. The van der Waals surface area contributed by atoms with E-state index in [4.69, 9.17) is 0 Å². The number of para-hydroxylation sites is 1. The molecule has 0 spiro atoms. The van der Waals surface area contributed by atoms with Crippen LogP contribution in [-0.4, -0.2) is 53.1 Å². The zero-order valence-electron chi connectivity index (χ0n) is 19.7. The van der Waals surface area contributed by atoms with Crippen LogP contribution in [0.2, 0.25) is 0 Å². The molecule has 3 heterocycles. The molecular formula is C27H27N5O2S. The van der Waals surface area contributed by atoms with E-state index in [0.29, 0.717) is 35.3 Å². The molecule has 1 aliphatic rings. The third kappa shape index (κ3) is 4.76. The van der Waals surface area contributed by atoms with Gasteiger partial charge in [-0.05, 0) is 67.2 Å². The zero-order chi connectivity index (χ0) is 24.4. The number of nitrogens with zero attached hydrogens (tertiary/aromatic N) is 2. The fourth-order valence-electron chi connectivity index (χ4n) is 4.37. The van der Waals surface area contributed by atoms with E-state index in [0.717, 1.165) is 34.1 Å². The molecule has 35 heavy (non-hydrogen) atoms. The van der Waals surface area contributed by atoms with Gasteiger partial charge >= 0.3 is 0 Å². The number of likely N-dealkylation sites (tertiary alicyclic amines) is 1. The molecule has 0 radical (unpaired) electrons. The number of H-pyrrole nitrogens is 1. The van der Waals surface area contributed by atoms with Crippen LogP contribution in [0.4, 0.5) is 5.69 Å². The molecular weight excluding hydrogens is 458 g/mol. The minimum Gasteiger partial charge on any atom is -0.337 e. The number of likely N-dealkylation sites (N-methyl/N-ethyl adjacent to an activating group) is 1. The number of rotatable bonds is 6. The lowest BCUT2D eigenvalue weighted by atomic mass is 10.1. The van der Waals surface area contributed by atoms with Gasteiger partial charge in [0.15, 0.2) is 0 Å². The van der Waals surface area contributed by atoms with Gasteiger partial charge in [0.1, 0.15) is 0 Å². The van der Waals surface area contributed by atoms with E-state index in [9.17, 15) is 9.59 Å². The Morgan fingerprint density at radius 1 is 1.17 bits per heavy atom. The second kappa shape index (κ2) is 9.85. The highest BCUT2D eigenvalue weighted by molar-refractivity contribution is 7.12. The zero-order valence-corrected chi connectivity index (χ0v) is 20.5. The Kier molecular flexibility index (Phi) is 6.48. The maximum Gasteiger partial charge on any atom is 0.266 e. The molecule has 2 amide bonds. The van der Waals surface area contributed by atoms with Crippen LogP contribution in [0, 0.1) is 6.92 Å². The van der Waals surface area contributed by atoms with Gasteiger partial charge in [0.2, 0.25) is 0 Å². The Morgan fingerprint density at radius 3 is 2.80 bits per heavy atom. The molecule has 5 rings (SSSR count). The van der Waals surface area contributed by atoms with Crippen LogP contribution in [0.5, 0.6) is 0 Å². The number of thiophene rings is 1. The number of hydrogen-bond donors (Lipinski definition) is 3. The van der Waals surface area contributed by atoms with Crippen molar-refractivity contribution in [3.63, 3.8) is 0 Å². The van der Waals surface area contributed by atoms with Crippen molar-refractivity contribution in [1.82, 2.24) is 20.4 Å². The Bertz CT molecular complexity index is 1420. The number of aromatic nitrogens is 2. The van der Waals surface area contributed by atoms with E-state index in [1.54, 1.807) is 6.07 Å². The summed E-state index contributed by atoms with van der Waals surface area (Å²) in [6, 6.07) is 15.6. The van der Waals surface area contributed by atoms with Crippen molar-refractivity contribution in [2.24, 2.45) is 0 Å². The maximum absolute atomic E-state index is 13.2. The van der Waals surface area contributed by atoms with Crippen LogP contribution in [0.25, 0.3) is 23.1 Å². The number of carbonyl (C=O) groups is 2. The van der Waals surface area contributed by atoms with Crippen LogP contribution >= 0.6 is 11.3 Å². The lowest BCUT2D eigenvalue weighted by molar-refractivity contribution is 0.0789. The molecule has 3 N–H and O–H groups in total. The topological polar surface area (TPSA) is 90.1 Å². The van der Waals surface area contributed by atoms with Gasteiger partial charge in [-0.3, -0.25) is 14.7 Å². The van der Waals surface area contributed by atoms with Crippen molar-refractivity contribution in [3.05, 3.63) is 81.2 Å². The minimum atomic E-state index is -0.182. The molecule has 1 unspecified atom stereocenters. The second-order valence-corrected chi connectivity index (χ2v) is 9.62. The van der Waals surface area contributed by atoms with Gasteiger partial charge in [-0.1, -0.05) is 30.3 Å². The maximum atomic E-state index is 13.2. The predicted molar refractivity (Wildman–Crippen MR) is 142 cm³/mol. The first kappa shape index (κ1) is 23.0. The summed E-state index contributed by atoms with van der Waals surface area (Å²) in [6.07, 6.45) is 4.77. The predicted octanol–water partition coefficient (Wildman–Crippen LogP) is 4.79. The molecule has 1 aliphatic heterocycles. The number of anilines is 1. The van der Waals surface area contributed by atoms with Crippen LogP contribution in [0.15, 0.2) is 53.9 Å². The smallest absolute Gasteiger partial charge is 0.266 e. The Balaban J connectivity index is 1.47. The highest BCUT2D eigenvalue weighted by Crippen LogP contribution is 2.26. The quantitative estimate of drug-likeness (QED) is 0.366. The van der Waals surface area contributed by atoms with E-state index < -0.39 is 0 Å². The van der Waals surface area contributed by atoms with Crippen LogP contribution in [-0.2, 0) is 0 Å². The first-order valence-electron chi connectivity index (χ1n) is 11.6. The number of carbonyl (C=O) groups excluding carboxylic acids is 2. The van der Waals surface area contributed by atoms with E-state index in [-0.39, 0.29) is 11.8 Å². The number of benzene rings is 2. The third-order valence-corrected chi connectivity index (χ3v) is 7.44. The van der Waals surface area contributed by atoms with Gasteiger partial charge in [-0.15, -0.1) is 11.3 Å². The van der Waals surface area contributed by atoms with E-state index >= 15 is 0 Å². The second-order valence-electron chi connectivity index (χ2n) is 8.70. The summed E-state index contributed by atoms with van der Waals surface area (Å²) in [5, 5.41) is 16.6. The van der Waals surface area contributed by atoms with Gasteiger partial charge in [0.05, 0.1) is 16.1 Å². The van der Waals surface area contributed by atoms with Crippen LogP contribution < -0.4 is 10.6 Å². The van der Waals surface area contributed by atoms with Gasteiger partial charge in [-0.25, -0.2) is 0 Å². The van der Waals surface area contributed by atoms with Gasteiger partial charge in [-0.2, -0.15) is 5.10 Å². The van der Waals surface area contributed by atoms with Crippen molar-refractivity contribution >= 4 is 51.9 Å². The van der Waals surface area contributed by atoms with Crippen molar-refractivity contribution in [1.29, 1.82) is 0 Å². The summed E-state index contributed by atoms with van der Waals surface area (Å²) in [5.74, 6) is -0.210. The monoisotopic (exact) mass is 485 g/mol. The molecule has 7 nitrogen and oxygen atoms in total. The molecule has 0 aliphatic carbocycles. The average Bonchev–Trinajstić information content (AvgIpc) is 3.62. The molecule has 1 saturated heterocycles. The number of fused-ring (bicyclic) bond motifs is 1. The number of nitrogens with one attached hydrogen (secondary N) is 3. The normalized spacial score (nSPS) is 15.8. The molecule has 0 bridgehead atoms. The third-order valence-electron chi connectivity index (χ3n) is 6.42. The molecule has 4 aromatic rings. The van der Waals surface area contributed by atoms with Gasteiger partial charge in [0, 0.05) is 35.8 Å². The van der Waals surface area contributed by atoms with Crippen molar-refractivity contribution < 1.29 is 9.59 Å². The molecule has 0 saturated carbocycles. The summed E-state index contributed by atoms with van der Waals surface area (Å²) in [4.78, 5) is 28.7.